The Morgan fingerprint density at radius 2 is 1.88 bits per heavy atom. The Labute approximate surface area is 195 Å². The predicted molar refractivity (Wildman–Crippen MR) is 130 cm³/mol. The molecule has 0 bridgehead atoms. The third kappa shape index (κ3) is 5.58. The quantitative estimate of drug-likeness (QED) is 0.425. The van der Waals surface area contributed by atoms with Crippen LogP contribution >= 0.6 is 0 Å². The fourth-order valence-electron chi connectivity index (χ4n) is 4.15. The second kappa shape index (κ2) is 10.9. The van der Waals surface area contributed by atoms with E-state index in [-0.39, 0.29) is 0 Å². The lowest BCUT2D eigenvalue weighted by Crippen LogP contribution is -2.28. The van der Waals surface area contributed by atoms with E-state index in [0.717, 1.165) is 85.3 Å². The zero-order valence-corrected chi connectivity index (χ0v) is 20.0. The van der Waals surface area contributed by atoms with Gasteiger partial charge in [0.15, 0.2) is 5.82 Å². The van der Waals surface area contributed by atoms with Crippen molar-refractivity contribution in [3.8, 4) is 22.6 Å². The van der Waals surface area contributed by atoms with Crippen molar-refractivity contribution in [1.82, 2.24) is 25.8 Å². The van der Waals surface area contributed by atoms with Gasteiger partial charge in [0.05, 0.1) is 17.0 Å². The Bertz CT molecular complexity index is 1060. The van der Waals surface area contributed by atoms with E-state index < -0.39 is 0 Å². The van der Waals surface area contributed by atoms with E-state index >= 15 is 0 Å². The van der Waals surface area contributed by atoms with E-state index in [1.807, 2.05) is 20.9 Å². The molecule has 176 valence electrons. The van der Waals surface area contributed by atoms with Crippen LogP contribution in [0.25, 0.3) is 22.6 Å². The largest absolute Gasteiger partial charge is 0.381 e. The molecule has 0 atom stereocenters. The summed E-state index contributed by atoms with van der Waals surface area (Å²) in [4.78, 5) is 9.98. The average Bonchev–Trinajstić information content (AvgIpc) is 3.17. The monoisotopic (exact) mass is 450 g/mol. The zero-order valence-electron chi connectivity index (χ0n) is 20.0. The lowest BCUT2D eigenvalue weighted by Gasteiger charge is -2.25. The highest BCUT2D eigenvalue weighted by Crippen LogP contribution is 2.33. The Hall–Kier alpha value is -2.81. The van der Waals surface area contributed by atoms with Crippen molar-refractivity contribution in [1.29, 1.82) is 0 Å². The molecule has 3 N–H and O–H groups in total. The summed E-state index contributed by atoms with van der Waals surface area (Å²) in [7, 11) is 1.96. The number of aryl methyl sites for hydroxylation is 2. The molecule has 1 aromatic carbocycles. The molecular weight excluding hydrogens is 416 g/mol. The number of rotatable bonds is 9. The van der Waals surface area contributed by atoms with Crippen molar-refractivity contribution in [2.24, 2.45) is 0 Å². The van der Waals surface area contributed by atoms with Gasteiger partial charge in [-0.25, -0.2) is 9.97 Å². The molecule has 3 aromatic rings. The van der Waals surface area contributed by atoms with Crippen LogP contribution in [0.4, 0.5) is 5.82 Å². The highest BCUT2D eigenvalue weighted by Gasteiger charge is 2.22. The Balaban J connectivity index is 1.71. The number of nitrogens with zero attached hydrogens (tertiary/aromatic N) is 3. The van der Waals surface area contributed by atoms with Crippen molar-refractivity contribution in [3.05, 3.63) is 46.8 Å². The first-order valence-corrected chi connectivity index (χ1v) is 11.7. The zero-order chi connectivity index (χ0) is 23.2. The number of ether oxygens (including phenoxy) is 1. The highest BCUT2D eigenvalue weighted by atomic mass is 16.5. The number of benzene rings is 1. The SMILES string of the molecule is CNCCNCc1cccc(-c2nc(NC3CCOCC3)c(C)c(-c3c(C)noc3C)n2)c1. The van der Waals surface area contributed by atoms with Crippen LogP contribution in [0, 0.1) is 20.8 Å². The van der Waals surface area contributed by atoms with Crippen molar-refractivity contribution in [2.45, 2.75) is 46.2 Å². The van der Waals surface area contributed by atoms with Crippen LogP contribution in [0.2, 0.25) is 0 Å². The first-order chi connectivity index (χ1) is 16.1. The highest BCUT2D eigenvalue weighted by molar-refractivity contribution is 5.74. The molecule has 0 amide bonds. The molecule has 4 rings (SSSR count). The Morgan fingerprint density at radius 3 is 2.61 bits per heavy atom. The van der Waals surface area contributed by atoms with E-state index in [1.54, 1.807) is 0 Å². The first kappa shape index (κ1) is 23.4. The van der Waals surface area contributed by atoms with Gasteiger partial charge in [-0.2, -0.15) is 0 Å². The topological polar surface area (TPSA) is 97.1 Å². The molecule has 0 unspecified atom stereocenters. The molecule has 33 heavy (non-hydrogen) atoms. The maximum Gasteiger partial charge on any atom is 0.162 e. The molecule has 0 radical (unpaired) electrons. The lowest BCUT2D eigenvalue weighted by molar-refractivity contribution is 0.0904. The first-order valence-electron chi connectivity index (χ1n) is 11.7. The minimum atomic E-state index is 0.334. The van der Waals surface area contributed by atoms with Gasteiger partial charge in [-0.05, 0) is 52.3 Å². The molecular formula is C25H34N6O2. The van der Waals surface area contributed by atoms with Gasteiger partial charge in [-0.3, -0.25) is 0 Å². The third-order valence-electron chi connectivity index (χ3n) is 6.04. The van der Waals surface area contributed by atoms with Gasteiger partial charge in [-0.15, -0.1) is 0 Å². The summed E-state index contributed by atoms with van der Waals surface area (Å²) < 4.78 is 11.0. The van der Waals surface area contributed by atoms with Gasteiger partial charge >= 0.3 is 0 Å². The van der Waals surface area contributed by atoms with E-state index in [9.17, 15) is 0 Å². The van der Waals surface area contributed by atoms with Crippen molar-refractivity contribution < 1.29 is 9.26 Å². The second-order valence-electron chi connectivity index (χ2n) is 8.58. The summed E-state index contributed by atoms with van der Waals surface area (Å²) in [6, 6.07) is 8.75. The van der Waals surface area contributed by atoms with Crippen LogP contribution < -0.4 is 16.0 Å². The predicted octanol–water partition coefficient (Wildman–Crippen LogP) is 3.62. The Kier molecular flexibility index (Phi) is 7.69. The van der Waals surface area contributed by atoms with Crippen LogP contribution in [0.15, 0.2) is 28.8 Å². The summed E-state index contributed by atoms with van der Waals surface area (Å²) in [5.74, 6) is 2.32. The summed E-state index contributed by atoms with van der Waals surface area (Å²) in [6.45, 7) is 10.1. The van der Waals surface area contributed by atoms with Crippen LogP contribution in [0.5, 0.6) is 0 Å². The summed E-state index contributed by atoms with van der Waals surface area (Å²) in [6.07, 6.45) is 1.93. The van der Waals surface area contributed by atoms with E-state index in [0.29, 0.717) is 11.9 Å². The number of likely N-dealkylation sites (N-methyl/N-ethyl adjacent to an activating group) is 1. The molecule has 8 heteroatoms. The van der Waals surface area contributed by atoms with Crippen LogP contribution in [0.1, 0.15) is 35.4 Å². The van der Waals surface area contributed by atoms with Crippen molar-refractivity contribution in [3.63, 3.8) is 0 Å². The number of hydrogen-bond donors (Lipinski definition) is 3. The average molecular weight is 451 g/mol. The van der Waals surface area contributed by atoms with Gasteiger partial charge in [0.1, 0.15) is 11.6 Å². The van der Waals surface area contributed by atoms with E-state index in [4.69, 9.17) is 19.2 Å². The van der Waals surface area contributed by atoms with Gasteiger partial charge in [0, 0.05) is 50.0 Å². The van der Waals surface area contributed by atoms with Crippen LogP contribution in [-0.2, 0) is 11.3 Å². The molecule has 1 aliphatic heterocycles. The molecule has 1 fully saturated rings. The number of aromatic nitrogens is 3. The number of nitrogens with one attached hydrogen (secondary N) is 3. The lowest BCUT2D eigenvalue weighted by atomic mass is 10.0. The fourth-order valence-corrected chi connectivity index (χ4v) is 4.15. The van der Waals surface area contributed by atoms with Gasteiger partial charge in [0.25, 0.3) is 0 Å². The van der Waals surface area contributed by atoms with Gasteiger partial charge in [0.2, 0.25) is 0 Å². The molecule has 1 aliphatic rings. The van der Waals surface area contributed by atoms with Crippen molar-refractivity contribution >= 4 is 5.82 Å². The van der Waals surface area contributed by atoms with E-state index in [1.165, 1.54) is 5.56 Å². The fraction of sp³-hybridized carbons (Fsp3) is 0.480. The third-order valence-corrected chi connectivity index (χ3v) is 6.04. The summed E-state index contributed by atoms with van der Waals surface area (Å²) in [5, 5.41) is 14.4. The summed E-state index contributed by atoms with van der Waals surface area (Å²) in [5.41, 5.74) is 5.83. The number of anilines is 1. The molecule has 2 aromatic heterocycles. The minimum Gasteiger partial charge on any atom is -0.381 e. The van der Waals surface area contributed by atoms with Crippen LogP contribution in [-0.4, -0.2) is 54.5 Å². The minimum absolute atomic E-state index is 0.334. The molecule has 8 nitrogen and oxygen atoms in total. The molecule has 0 saturated carbocycles. The number of hydrogen-bond acceptors (Lipinski definition) is 8. The maximum atomic E-state index is 5.53. The van der Waals surface area contributed by atoms with Crippen molar-refractivity contribution in [2.75, 3.05) is 38.7 Å². The molecule has 0 aliphatic carbocycles. The maximum absolute atomic E-state index is 5.53. The Morgan fingerprint density at radius 1 is 1.06 bits per heavy atom. The van der Waals surface area contributed by atoms with Gasteiger partial charge in [-0.1, -0.05) is 23.4 Å². The van der Waals surface area contributed by atoms with Crippen LogP contribution in [0.3, 0.4) is 0 Å². The second-order valence-corrected chi connectivity index (χ2v) is 8.58. The smallest absolute Gasteiger partial charge is 0.162 e. The standard InChI is InChI=1S/C25H34N6O2/c1-16-23(22-17(2)31-33-18(22)3)29-25(30-24(16)28-21-8-12-32-13-9-21)20-7-5-6-19(14-20)15-27-11-10-26-4/h5-7,14,21,26-27H,8-13,15H2,1-4H3,(H,28,29,30). The summed E-state index contributed by atoms with van der Waals surface area (Å²) >= 11 is 0. The van der Waals surface area contributed by atoms with E-state index in [2.05, 4.69) is 52.3 Å². The van der Waals surface area contributed by atoms with Gasteiger partial charge < -0.3 is 25.2 Å². The normalized spacial score (nSPS) is 14.5. The molecule has 3 heterocycles. The molecule has 0 spiro atoms. The molecule has 1 saturated heterocycles.